The minimum Gasteiger partial charge on any atom is -0.497 e. The molecule has 92 valence electrons. The molecule has 1 heterocycles. The summed E-state index contributed by atoms with van der Waals surface area (Å²) in [7, 11) is 1.45. The SMILES string of the molecule is COc1ccc(F)c(-c2ncccc2C(=O)O)c1. The number of rotatable bonds is 3. The quantitative estimate of drug-likeness (QED) is 0.905. The Morgan fingerprint density at radius 2 is 2.17 bits per heavy atom. The van der Waals surface area contributed by atoms with Crippen LogP contribution in [0.4, 0.5) is 4.39 Å². The largest absolute Gasteiger partial charge is 0.497 e. The van der Waals surface area contributed by atoms with Crippen molar-refractivity contribution in [3.63, 3.8) is 0 Å². The van der Waals surface area contributed by atoms with Gasteiger partial charge in [0.2, 0.25) is 0 Å². The molecule has 4 nitrogen and oxygen atoms in total. The second kappa shape index (κ2) is 4.83. The summed E-state index contributed by atoms with van der Waals surface area (Å²) in [5.41, 5.74) is 0.137. The van der Waals surface area contributed by atoms with Gasteiger partial charge in [-0.1, -0.05) is 0 Å². The first-order chi connectivity index (χ1) is 8.63. The van der Waals surface area contributed by atoms with E-state index in [0.717, 1.165) is 0 Å². The van der Waals surface area contributed by atoms with Crippen molar-refractivity contribution in [2.24, 2.45) is 0 Å². The number of halogens is 1. The summed E-state index contributed by atoms with van der Waals surface area (Å²) < 4.78 is 18.7. The summed E-state index contributed by atoms with van der Waals surface area (Å²) in [4.78, 5) is 15.0. The average Bonchev–Trinajstić information content (AvgIpc) is 2.39. The van der Waals surface area contributed by atoms with Gasteiger partial charge in [0.15, 0.2) is 0 Å². The first kappa shape index (κ1) is 12.0. The molecular weight excluding hydrogens is 237 g/mol. The molecule has 0 saturated carbocycles. The molecule has 2 aromatic rings. The van der Waals surface area contributed by atoms with Crippen molar-refractivity contribution < 1.29 is 19.0 Å². The summed E-state index contributed by atoms with van der Waals surface area (Å²) in [5.74, 6) is -1.26. The molecule has 1 aromatic carbocycles. The van der Waals surface area contributed by atoms with Gasteiger partial charge < -0.3 is 9.84 Å². The molecule has 0 bridgehead atoms. The molecule has 18 heavy (non-hydrogen) atoms. The van der Waals surface area contributed by atoms with Crippen molar-refractivity contribution in [2.75, 3.05) is 7.11 Å². The molecule has 0 unspecified atom stereocenters. The lowest BCUT2D eigenvalue weighted by molar-refractivity contribution is 0.0697. The molecule has 0 spiro atoms. The normalized spacial score (nSPS) is 10.1. The number of ether oxygens (including phenoxy) is 1. The zero-order chi connectivity index (χ0) is 13.1. The van der Waals surface area contributed by atoms with Gasteiger partial charge in [-0.25, -0.2) is 9.18 Å². The van der Waals surface area contributed by atoms with Crippen LogP contribution >= 0.6 is 0 Å². The predicted molar refractivity (Wildman–Crippen MR) is 63.1 cm³/mol. The van der Waals surface area contributed by atoms with Crippen molar-refractivity contribution in [3.8, 4) is 17.0 Å². The fourth-order valence-electron chi connectivity index (χ4n) is 1.61. The van der Waals surface area contributed by atoms with Gasteiger partial charge in [0, 0.05) is 11.8 Å². The predicted octanol–water partition coefficient (Wildman–Crippen LogP) is 2.59. The summed E-state index contributed by atoms with van der Waals surface area (Å²) in [6, 6.07) is 6.97. The van der Waals surface area contributed by atoms with E-state index in [0.29, 0.717) is 5.75 Å². The van der Waals surface area contributed by atoms with E-state index in [1.165, 1.54) is 43.6 Å². The number of benzene rings is 1. The molecule has 0 atom stereocenters. The molecule has 0 aliphatic carbocycles. The topological polar surface area (TPSA) is 59.4 Å². The van der Waals surface area contributed by atoms with E-state index < -0.39 is 11.8 Å². The third kappa shape index (κ3) is 2.15. The number of carboxylic acid groups (broad SMARTS) is 1. The minimum atomic E-state index is -1.15. The first-order valence-electron chi connectivity index (χ1n) is 5.15. The van der Waals surface area contributed by atoms with E-state index in [1.807, 2.05) is 0 Å². The Bertz CT molecular complexity index is 599. The molecular formula is C13H10FNO3. The third-order valence-electron chi connectivity index (χ3n) is 2.47. The number of pyridine rings is 1. The molecule has 0 radical (unpaired) electrons. The van der Waals surface area contributed by atoms with Crippen molar-refractivity contribution in [1.29, 1.82) is 0 Å². The monoisotopic (exact) mass is 247 g/mol. The van der Waals surface area contributed by atoms with Crippen molar-refractivity contribution >= 4 is 5.97 Å². The minimum absolute atomic E-state index is 0.0512. The lowest BCUT2D eigenvalue weighted by Gasteiger charge is -2.08. The number of aromatic nitrogens is 1. The standard InChI is InChI=1S/C13H10FNO3/c1-18-8-4-5-11(14)10(7-8)12-9(13(16)17)3-2-6-15-12/h2-7H,1H3,(H,16,17). The highest BCUT2D eigenvalue weighted by Gasteiger charge is 2.16. The highest BCUT2D eigenvalue weighted by molar-refractivity contribution is 5.94. The van der Waals surface area contributed by atoms with Gasteiger partial charge in [-0.2, -0.15) is 0 Å². The van der Waals surface area contributed by atoms with Gasteiger partial charge in [0.05, 0.1) is 18.4 Å². The zero-order valence-corrected chi connectivity index (χ0v) is 9.55. The maximum Gasteiger partial charge on any atom is 0.337 e. The van der Waals surface area contributed by atoms with E-state index in [9.17, 15) is 9.18 Å². The average molecular weight is 247 g/mol. The van der Waals surface area contributed by atoms with Crippen LogP contribution in [0.5, 0.6) is 5.75 Å². The summed E-state index contributed by atoms with van der Waals surface area (Å²) in [6.07, 6.45) is 1.42. The second-order valence-electron chi connectivity index (χ2n) is 3.55. The van der Waals surface area contributed by atoms with E-state index in [-0.39, 0.29) is 16.8 Å². The van der Waals surface area contributed by atoms with Crippen LogP contribution in [0, 0.1) is 5.82 Å². The number of hydrogen-bond donors (Lipinski definition) is 1. The van der Waals surface area contributed by atoms with Crippen molar-refractivity contribution in [1.82, 2.24) is 4.98 Å². The number of carbonyl (C=O) groups is 1. The fourth-order valence-corrected chi connectivity index (χ4v) is 1.61. The highest BCUT2D eigenvalue weighted by Crippen LogP contribution is 2.27. The molecule has 2 rings (SSSR count). The maximum absolute atomic E-state index is 13.7. The van der Waals surface area contributed by atoms with Crippen molar-refractivity contribution in [2.45, 2.75) is 0 Å². The van der Waals surface area contributed by atoms with Crippen LogP contribution in [-0.4, -0.2) is 23.2 Å². The fraction of sp³-hybridized carbons (Fsp3) is 0.0769. The van der Waals surface area contributed by atoms with E-state index in [2.05, 4.69) is 4.98 Å². The molecule has 1 aromatic heterocycles. The van der Waals surface area contributed by atoms with Gasteiger partial charge in [-0.15, -0.1) is 0 Å². The Morgan fingerprint density at radius 3 is 2.83 bits per heavy atom. The Kier molecular flexibility index (Phi) is 3.23. The second-order valence-corrected chi connectivity index (χ2v) is 3.55. The number of nitrogens with zero attached hydrogens (tertiary/aromatic N) is 1. The Balaban J connectivity index is 2.65. The molecule has 5 heteroatoms. The van der Waals surface area contributed by atoms with E-state index >= 15 is 0 Å². The maximum atomic E-state index is 13.7. The Labute approximate surface area is 103 Å². The van der Waals surface area contributed by atoms with Crippen LogP contribution < -0.4 is 4.74 Å². The molecule has 1 N–H and O–H groups in total. The molecule has 0 amide bonds. The number of aromatic carboxylic acids is 1. The van der Waals surface area contributed by atoms with Crippen LogP contribution in [0.1, 0.15) is 10.4 Å². The van der Waals surface area contributed by atoms with Gasteiger partial charge in [0.25, 0.3) is 0 Å². The van der Waals surface area contributed by atoms with Gasteiger partial charge in [-0.05, 0) is 30.3 Å². The van der Waals surface area contributed by atoms with Crippen LogP contribution in [0.2, 0.25) is 0 Å². The molecule has 0 aliphatic rings. The van der Waals surface area contributed by atoms with E-state index in [1.54, 1.807) is 0 Å². The number of hydrogen-bond acceptors (Lipinski definition) is 3. The lowest BCUT2D eigenvalue weighted by Crippen LogP contribution is -2.02. The molecule has 0 aliphatic heterocycles. The zero-order valence-electron chi connectivity index (χ0n) is 9.55. The first-order valence-corrected chi connectivity index (χ1v) is 5.15. The third-order valence-corrected chi connectivity index (χ3v) is 2.47. The molecule has 0 fully saturated rings. The van der Waals surface area contributed by atoms with Gasteiger partial charge in [-0.3, -0.25) is 4.98 Å². The summed E-state index contributed by atoms with van der Waals surface area (Å²) in [5, 5.41) is 9.05. The van der Waals surface area contributed by atoms with Crippen LogP contribution in [0.25, 0.3) is 11.3 Å². The van der Waals surface area contributed by atoms with Crippen LogP contribution in [0.3, 0.4) is 0 Å². The van der Waals surface area contributed by atoms with E-state index in [4.69, 9.17) is 9.84 Å². The Hall–Kier alpha value is -2.43. The smallest absolute Gasteiger partial charge is 0.337 e. The number of carboxylic acids is 1. The van der Waals surface area contributed by atoms with Gasteiger partial charge >= 0.3 is 5.97 Å². The van der Waals surface area contributed by atoms with Crippen LogP contribution in [0.15, 0.2) is 36.5 Å². The van der Waals surface area contributed by atoms with Crippen LogP contribution in [-0.2, 0) is 0 Å². The molecule has 0 saturated heterocycles. The summed E-state index contributed by atoms with van der Waals surface area (Å²) >= 11 is 0. The Morgan fingerprint density at radius 1 is 1.39 bits per heavy atom. The van der Waals surface area contributed by atoms with Gasteiger partial charge in [0.1, 0.15) is 11.6 Å². The highest BCUT2D eigenvalue weighted by atomic mass is 19.1. The lowest BCUT2D eigenvalue weighted by atomic mass is 10.1. The summed E-state index contributed by atoms with van der Waals surface area (Å²) in [6.45, 7) is 0. The number of methoxy groups -OCH3 is 1. The van der Waals surface area contributed by atoms with Crippen molar-refractivity contribution in [3.05, 3.63) is 47.9 Å².